The summed E-state index contributed by atoms with van der Waals surface area (Å²) in [6.45, 7) is 7.12. The molecule has 42 heavy (non-hydrogen) atoms. The highest BCUT2D eigenvalue weighted by Crippen LogP contribution is 2.37. The number of halogens is 6. The van der Waals surface area contributed by atoms with Gasteiger partial charge in [0.25, 0.3) is 5.91 Å². The Morgan fingerprint density at radius 1 is 0.929 bits per heavy atom. The minimum atomic E-state index is -5.03. The van der Waals surface area contributed by atoms with Crippen molar-refractivity contribution in [3.63, 3.8) is 0 Å². The zero-order chi connectivity index (χ0) is 30.7. The lowest BCUT2D eigenvalue weighted by molar-refractivity contribution is -0.143. The molecule has 5 nitrogen and oxygen atoms in total. The van der Waals surface area contributed by atoms with Crippen LogP contribution >= 0.6 is 0 Å². The second-order valence-corrected chi connectivity index (χ2v) is 11.0. The first kappa shape index (κ1) is 31.5. The van der Waals surface area contributed by atoms with Crippen LogP contribution in [-0.2, 0) is 25.3 Å². The highest BCUT2D eigenvalue weighted by Gasteiger charge is 2.39. The number of piperazine rings is 1. The molecule has 1 aliphatic rings. The summed E-state index contributed by atoms with van der Waals surface area (Å²) in [6, 6.07) is 10.4. The van der Waals surface area contributed by atoms with Crippen LogP contribution in [0.4, 0.5) is 26.3 Å². The van der Waals surface area contributed by atoms with Crippen LogP contribution in [0.3, 0.4) is 0 Å². The molecule has 1 atom stereocenters. The van der Waals surface area contributed by atoms with E-state index < -0.39 is 41.0 Å². The van der Waals surface area contributed by atoms with Crippen molar-refractivity contribution in [2.75, 3.05) is 39.8 Å². The summed E-state index contributed by atoms with van der Waals surface area (Å²) in [4.78, 5) is 23.5. The molecule has 0 N–H and O–H groups in total. The van der Waals surface area contributed by atoms with Crippen molar-refractivity contribution in [1.82, 2.24) is 19.7 Å². The molecule has 1 amide bonds. The summed E-state index contributed by atoms with van der Waals surface area (Å²) < 4.78 is 81.1. The zero-order valence-corrected chi connectivity index (χ0v) is 23.8. The number of amides is 1. The molecule has 3 aromatic rings. The average Bonchev–Trinajstić information content (AvgIpc) is 2.93. The highest BCUT2D eigenvalue weighted by molar-refractivity contribution is 5.95. The van der Waals surface area contributed by atoms with Gasteiger partial charge in [-0.05, 0) is 73.8 Å². The lowest BCUT2D eigenvalue weighted by Crippen LogP contribution is -2.56. The number of likely N-dealkylation sites (N-methyl/N-ethyl adjacent to an activating group) is 1. The number of carbonyl (C=O) groups excluding carboxylic acids is 1. The van der Waals surface area contributed by atoms with Gasteiger partial charge in [0.05, 0.1) is 11.1 Å². The molecule has 1 saturated heterocycles. The fourth-order valence-corrected chi connectivity index (χ4v) is 5.21. The van der Waals surface area contributed by atoms with Gasteiger partial charge in [-0.25, -0.2) is 0 Å². The van der Waals surface area contributed by atoms with Gasteiger partial charge >= 0.3 is 12.4 Å². The first-order chi connectivity index (χ1) is 19.7. The fraction of sp³-hybridized carbons (Fsp3) is 0.419. The molecule has 1 aromatic heterocycles. The zero-order valence-electron chi connectivity index (χ0n) is 23.8. The Bertz CT molecular complexity index is 1340. The molecule has 11 heteroatoms. The number of rotatable bonds is 8. The van der Waals surface area contributed by atoms with Crippen molar-refractivity contribution in [3.05, 3.63) is 99.9 Å². The van der Waals surface area contributed by atoms with Crippen LogP contribution < -0.4 is 0 Å². The van der Waals surface area contributed by atoms with Gasteiger partial charge in [0.15, 0.2) is 0 Å². The van der Waals surface area contributed by atoms with Gasteiger partial charge in [0.1, 0.15) is 0 Å². The molecular weight excluding hydrogens is 558 g/mol. The summed E-state index contributed by atoms with van der Waals surface area (Å²) in [5.41, 5.74) is 0.550. The first-order valence-corrected chi connectivity index (χ1v) is 13.7. The number of nitrogens with zero attached hydrogens (tertiary/aromatic N) is 4. The highest BCUT2D eigenvalue weighted by atomic mass is 19.4. The van der Waals surface area contributed by atoms with Gasteiger partial charge in [-0.15, -0.1) is 0 Å². The number of alkyl halides is 6. The van der Waals surface area contributed by atoms with Crippen LogP contribution in [0.25, 0.3) is 0 Å². The lowest BCUT2D eigenvalue weighted by Gasteiger charge is -2.42. The Morgan fingerprint density at radius 2 is 1.62 bits per heavy atom. The summed E-state index contributed by atoms with van der Waals surface area (Å²) >= 11 is 0. The molecule has 1 aliphatic heterocycles. The number of aryl methyl sites for hydroxylation is 2. The van der Waals surface area contributed by atoms with E-state index >= 15 is 0 Å². The SMILES string of the molecule is Cc1ccc(C[C@@H]2CN(CCN(C)Cc3cccnc3)CCN2C(=O)c2cc(C(F)(F)F)cc(C(F)(F)F)c2)cc1C. The van der Waals surface area contributed by atoms with E-state index in [0.29, 0.717) is 44.7 Å². The summed E-state index contributed by atoms with van der Waals surface area (Å²) in [6.07, 6.45) is -6.13. The third kappa shape index (κ3) is 8.10. The van der Waals surface area contributed by atoms with E-state index in [1.54, 1.807) is 12.4 Å². The molecule has 0 aliphatic carbocycles. The van der Waals surface area contributed by atoms with E-state index in [1.807, 2.05) is 51.2 Å². The Labute approximate surface area is 241 Å². The number of benzene rings is 2. The minimum absolute atomic E-state index is 0.0449. The van der Waals surface area contributed by atoms with E-state index in [-0.39, 0.29) is 12.6 Å². The van der Waals surface area contributed by atoms with Crippen molar-refractivity contribution in [1.29, 1.82) is 0 Å². The molecule has 226 valence electrons. The van der Waals surface area contributed by atoms with Crippen LogP contribution in [0.5, 0.6) is 0 Å². The van der Waals surface area contributed by atoms with E-state index in [1.165, 1.54) is 4.90 Å². The Hall–Kier alpha value is -3.44. The van der Waals surface area contributed by atoms with Gasteiger partial charge in [0, 0.05) is 63.3 Å². The topological polar surface area (TPSA) is 39.7 Å². The number of carbonyl (C=O) groups is 1. The van der Waals surface area contributed by atoms with Crippen LogP contribution in [0, 0.1) is 13.8 Å². The van der Waals surface area contributed by atoms with Gasteiger partial charge in [-0.2, -0.15) is 26.3 Å². The lowest BCUT2D eigenvalue weighted by atomic mass is 9.97. The van der Waals surface area contributed by atoms with Gasteiger partial charge in [-0.3, -0.25) is 14.7 Å². The van der Waals surface area contributed by atoms with Gasteiger partial charge < -0.3 is 9.80 Å². The average molecular weight is 593 g/mol. The Kier molecular flexibility index (Phi) is 9.62. The number of hydrogen-bond acceptors (Lipinski definition) is 4. The van der Waals surface area contributed by atoms with E-state index in [9.17, 15) is 31.1 Å². The molecule has 0 unspecified atom stereocenters. The maximum Gasteiger partial charge on any atom is 0.416 e. The smallest absolute Gasteiger partial charge is 0.333 e. The van der Waals surface area contributed by atoms with E-state index in [4.69, 9.17) is 0 Å². The molecule has 0 radical (unpaired) electrons. The third-order valence-corrected chi connectivity index (χ3v) is 7.68. The van der Waals surface area contributed by atoms with Crippen molar-refractivity contribution < 1.29 is 31.1 Å². The predicted molar refractivity (Wildman–Crippen MR) is 148 cm³/mol. The van der Waals surface area contributed by atoms with Crippen LogP contribution in [-0.4, -0.2) is 71.4 Å². The predicted octanol–water partition coefficient (Wildman–Crippen LogP) is 6.24. The van der Waals surface area contributed by atoms with Crippen LogP contribution in [0.15, 0.2) is 60.9 Å². The summed E-state index contributed by atoms with van der Waals surface area (Å²) in [5, 5.41) is 0. The van der Waals surface area contributed by atoms with Gasteiger partial charge in [0.2, 0.25) is 0 Å². The molecule has 0 bridgehead atoms. The van der Waals surface area contributed by atoms with Crippen LogP contribution in [0.2, 0.25) is 0 Å². The Morgan fingerprint density at radius 3 is 2.21 bits per heavy atom. The summed E-state index contributed by atoms with van der Waals surface area (Å²) in [7, 11) is 1.99. The second-order valence-electron chi connectivity index (χ2n) is 11.0. The number of hydrogen-bond donors (Lipinski definition) is 0. The quantitative estimate of drug-likeness (QED) is 0.291. The summed E-state index contributed by atoms with van der Waals surface area (Å²) in [5.74, 6) is -0.839. The monoisotopic (exact) mass is 592 g/mol. The molecular formula is C31H34F6N4O. The Balaban J connectivity index is 1.56. The minimum Gasteiger partial charge on any atom is -0.333 e. The molecule has 0 saturated carbocycles. The largest absolute Gasteiger partial charge is 0.416 e. The van der Waals surface area contributed by atoms with E-state index in [2.05, 4.69) is 14.8 Å². The molecule has 2 aromatic carbocycles. The maximum atomic E-state index is 13.6. The van der Waals surface area contributed by atoms with E-state index in [0.717, 1.165) is 28.8 Å². The molecule has 4 rings (SSSR count). The standard InChI is InChI=1S/C31H34F6N4O/c1-21-6-7-23(13-22(21)2)14-28-20-40(10-9-39(3)19-24-5-4-8-38-18-24)11-12-41(28)29(42)25-15-26(30(32,33)34)17-27(16-25)31(35,36)37/h4-8,13,15-18,28H,9-12,14,19-20H2,1-3H3/t28-/m1/s1. The third-order valence-electron chi connectivity index (χ3n) is 7.68. The van der Waals surface area contributed by atoms with Crippen molar-refractivity contribution >= 4 is 5.91 Å². The number of aromatic nitrogens is 1. The fourth-order valence-electron chi connectivity index (χ4n) is 5.21. The van der Waals surface area contributed by atoms with Crippen molar-refractivity contribution in [3.8, 4) is 0 Å². The maximum absolute atomic E-state index is 13.6. The van der Waals surface area contributed by atoms with Crippen molar-refractivity contribution in [2.24, 2.45) is 0 Å². The normalized spacial score (nSPS) is 16.7. The van der Waals surface area contributed by atoms with Crippen LogP contribution in [0.1, 0.15) is 43.7 Å². The second kappa shape index (κ2) is 12.8. The van der Waals surface area contributed by atoms with Gasteiger partial charge in [-0.1, -0.05) is 24.3 Å². The number of pyridine rings is 1. The molecule has 2 heterocycles. The van der Waals surface area contributed by atoms with Crippen molar-refractivity contribution in [2.45, 2.75) is 45.2 Å². The first-order valence-electron chi connectivity index (χ1n) is 13.7. The molecule has 0 spiro atoms. The molecule has 1 fully saturated rings.